The van der Waals surface area contributed by atoms with Crippen LogP contribution in [-0.2, 0) is 19.4 Å². The van der Waals surface area contributed by atoms with E-state index in [-0.39, 0.29) is 18.9 Å². The standard InChI is InChI=1S/C29H33N7O.CH4/c1-18(37)24-28(35-14-10-29(11-15-35)16-19-6-2-3-7-20(19)26(29)30)33-22-17-32-27(25(22)34-24)36-13-5-8-21-23(36)9-4-12-31-21;/h2-4,6-7,9,12,18,26,37H,5,8,10-11,13-17,30H2,1H3;1H4/t18-,26+;/m0./s1. The number of piperidine rings is 1. The molecule has 3 aliphatic heterocycles. The first-order valence-electron chi connectivity index (χ1n) is 13.5. The minimum atomic E-state index is -0.723. The van der Waals surface area contributed by atoms with Crippen LogP contribution in [0.25, 0.3) is 0 Å². The number of nitrogens with zero attached hydrogens (tertiary/aromatic N) is 6. The number of amidine groups is 1. The lowest BCUT2D eigenvalue weighted by Crippen LogP contribution is -2.45. The molecule has 1 spiro atoms. The summed E-state index contributed by atoms with van der Waals surface area (Å²) in [4.78, 5) is 24.1. The third-order valence-electron chi connectivity index (χ3n) is 8.82. The predicted molar refractivity (Wildman–Crippen MR) is 150 cm³/mol. The lowest BCUT2D eigenvalue weighted by Gasteiger charge is -2.43. The number of benzene rings is 1. The maximum Gasteiger partial charge on any atom is 0.156 e. The van der Waals surface area contributed by atoms with Crippen LogP contribution in [0.3, 0.4) is 0 Å². The number of hydrogen-bond acceptors (Lipinski definition) is 8. The van der Waals surface area contributed by atoms with E-state index in [1.807, 2.05) is 12.3 Å². The van der Waals surface area contributed by atoms with E-state index in [4.69, 9.17) is 20.7 Å². The normalized spacial score (nSPS) is 21.9. The van der Waals surface area contributed by atoms with Crippen LogP contribution in [0.2, 0.25) is 0 Å². The molecule has 5 heterocycles. The molecule has 4 aliphatic rings. The van der Waals surface area contributed by atoms with E-state index in [9.17, 15) is 5.11 Å². The molecule has 1 fully saturated rings. The Balaban J connectivity index is 0.00000264. The van der Waals surface area contributed by atoms with Crippen LogP contribution in [0.4, 0.5) is 11.5 Å². The molecule has 0 unspecified atom stereocenters. The molecule has 0 saturated carbocycles. The molecule has 7 rings (SSSR count). The van der Waals surface area contributed by atoms with Crippen molar-refractivity contribution in [2.45, 2.75) is 65.1 Å². The molecule has 3 aromatic rings. The first kappa shape index (κ1) is 24.9. The summed E-state index contributed by atoms with van der Waals surface area (Å²) in [6.45, 7) is 4.87. The molecule has 38 heavy (non-hydrogen) atoms. The molecule has 198 valence electrons. The molecular formula is C30H37N7O. The molecule has 8 heteroatoms. The Morgan fingerprint density at radius 2 is 1.87 bits per heavy atom. The number of rotatable bonds is 2. The second-order valence-corrected chi connectivity index (χ2v) is 11.0. The van der Waals surface area contributed by atoms with Crippen molar-refractivity contribution in [1.82, 2.24) is 15.0 Å². The first-order valence-corrected chi connectivity index (χ1v) is 13.5. The number of fused-ring (bicyclic) bond motifs is 3. The van der Waals surface area contributed by atoms with Crippen LogP contribution < -0.4 is 15.5 Å². The van der Waals surface area contributed by atoms with Gasteiger partial charge < -0.3 is 20.6 Å². The quantitative estimate of drug-likeness (QED) is 0.533. The van der Waals surface area contributed by atoms with Crippen molar-refractivity contribution in [3.05, 3.63) is 76.5 Å². The average molecular weight is 512 g/mol. The summed E-state index contributed by atoms with van der Waals surface area (Å²) in [6.07, 6.45) is 6.17. The van der Waals surface area contributed by atoms with Gasteiger partial charge in [0.15, 0.2) is 11.7 Å². The Kier molecular flexibility index (Phi) is 6.19. The largest absolute Gasteiger partial charge is 0.387 e. The number of anilines is 2. The fourth-order valence-corrected chi connectivity index (χ4v) is 6.80. The summed E-state index contributed by atoms with van der Waals surface area (Å²) >= 11 is 0. The highest BCUT2D eigenvalue weighted by molar-refractivity contribution is 6.11. The van der Waals surface area contributed by atoms with E-state index in [1.165, 1.54) is 11.1 Å². The summed E-state index contributed by atoms with van der Waals surface area (Å²) in [5, 5.41) is 10.8. The number of aliphatic hydroxyl groups excluding tert-OH is 1. The van der Waals surface area contributed by atoms with Gasteiger partial charge in [-0.25, -0.2) is 9.97 Å². The molecule has 3 N–H and O–H groups in total. The summed E-state index contributed by atoms with van der Waals surface area (Å²) in [7, 11) is 0. The lowest BCUT2D eigenvalue weighted by molar-refractivity contribution is 0.182. The van der Waals surface area contributed by atoms with Crippen molar-refractivity contribution in [2.75, 3.05) is 29.4 Å². The van der Waals surface area contributed by atoms with Crippen molar-refractivity contribution < 1.29 is 5.11 Å². The monoisotopic (exact) mass is 511 g/mol. The van der Waals surface area contributed by atoms with Crippen LogP contribution in [0.15, 0.2) is 47.6 Å². The van der Waals surface area contributed by atoms with Gasteiger partial charge in [0.1, 0.15) is 11.4 Å². The van der Waals surface area contributed by atoms with Gasteiger partial charge in [-0.1, -0.05) is 31.7 Å². The maximum atomic E-state index is 10.8. The summed E-state index contributed by atoms with van der Waals surface area (Å²) in [5.41, 5.74) is 14.1. The molecule has 0 bridgehead atoms. The second-order valence-electron chi connectivity index (χ2n) is 11.0. The third-order valence-corrected chi connectivity index (χ3v) is 8.82. The number of pyridine rings is 1. The van der Waals surface area contributed by atoms with Crippen LogP contribution >= 0.6 is 0 Å². The molecular weight excluding hydrogens is 474 g/mol. The fourth-order valence-electron chi connectivity index (χ4n) is 6.80. The molecule has 2 aromatic heterocycles. The topological polar surface area (TPSA) is 104 Å². The predicted octanol–water partition coefficient (Wildman–Crippen LogP) is 4.12. The van der Waals surface area contributed by atoms with Crippen LogP contribution in [0, 0.1) is 5.41 Å². The van der Waals surface area contributed by atoms with Gasteiger partial charge in [-0.3, -0.25) is 9.98 Å². The summed E-state index contributed by atoms with van der Waals surface area (Å²) < 4.78 is 0. The smallest absolute Gasteiger partial charge is 0.156 e. The highest BCUT2D eigenvalue weighted by atomic mass is 16.3. The Morgan fingerprint density at radius 1 is 1.05 bits per heavy atom. The van der Waals surface area contributed by atoms with Gasteiger partial charge in [0.25, 0.3) is 0 Å². The molecule has 1 aromatic carbocycles. The van der Waals surface area contributed by atoms with Gasteiger partial charge in [-0.2, -0.15) is 0 Å². The Labute approximate surface area is 224 Å². The zero-order chi connectivity index (χ0) is 25.1. The van der Waals surface area contributed by atoms with E-state index in [0.717, 1.165) is 86.2 Å². The molecule has 2 atom stereocenters. The number of nitrogens with two attached hydrogens (primary N) is 1. The summed E-state index contributed by atoms with van der Waals surface area (Å²) in [6, 6.07) is 12.8. The van der Waals surface area contributed by atoms with Crippen LogP contribution in [0.1, 0.15) is 79.7 Å². The third kappa shape index (κ3) is 3.81. The zero-order valence-electron chi connectivity index (χ0n) is 21.3. The minimum absolute atomic E-state index is 0. The lowest BCUT2D eigenvalue weighted by atomic mass is 9.73. The highest BCUT2D eigenvalue weighted by Gasteiger charge is 2.46. The first-order chi connectivity index (χ1) is 18.0. The molecule has 8 nitrogen and oxygen atoms in total. The number of aliphatic hydroxyl groups is 1. The maximum absolute atomic E-state index is 10.8. The minimum Gasteiger partial charge on any atom is -0.387 e. The fraction of sp³-hybridized carbons (Fsp3) is 0.467. The van der Waals surface area contributed by atoms with E-state index < -0.39 is 6.10 Å². The molecule has 1 saturated heterocycles. The van der Waals surface area contributed by atoms with Gasteiger partial charge >= 0.3 is 0 Å². The number of aliphatic imine (C=N–C) groups is 1. The van der Waals surface area contributed by atoms with E-state index in [2.05, 4.69) is 45.1 Å². The van der Waals surface area contributed by atoms with Gasteiger partial charge in [-0.15, -0.1) is 0 Å². The zero-order valence-corrected chi connectivity index (χ0v) is 21.3. The van der Waals surface area contributed by atoms with E-state index >= 15 is 0 Å². The van der Waals surface area contributed by atoms with Gasteiger partial charge in [0, 0.05) is 31.9 Å². The highest BCUT2D eigenvalue weighted by Crippen LogP contribution is 2.51. The Hall–Kier alpha value is -3.36. The van der Waals surface area contributed by atoms with Crippen molar-refractivity contribution in [3.8, 4) is 0 Å². The second kappa shape index (κ2) is 9.43. The molecule has 0 amide bonds. The van der Waals surface area contributed by atoms with Crippen molar-refractivity contribution in [3.63, 3.8) is 0 Å². The van der Waals surface area contributed by atoms with Crippen molar-refractivity contribution in [1.29, 1.82) is 0 Å². The van der Waals surface area contributed by atoms with Crippen LogP contribution in [-0.4, -0.2) is 45.5 Å². The molecule has 1 aliphatic carbocycles. The average Bonchev–Trinajstić information content (AvgIpc) is 3.46. The van der Waals surface area contributed by atoms with E-state index in [1.54, 1.807) is 6.92 Å². The van der Waals surface area contributed by atoms with Crippen molar-refractivity contribution >= 4 is 17.3 Å². The van der Waals surface area contributed by atoms with Crippen LogP contribution in [0.5, 0.6) is 0 Å². The SMILES string of the molecule is C.C[C@H](O)c1nc2c(nc1N1CCC3(CC1)Cc1ccccc1[C@H]3N)CN=C2N1CCCc2ncccc21. The summed E-state index contributed by atoms with van der Waals surface area (Å²) in [5.74, 6) is 1.64. The van der Waals surface area contributed by atoms with Crippen molar-refractivity contribution in [2.24, 2.45) is 16.1 Å². The number of hydrogen-bond donors (Lipinski definition) is 2. The van der Waals surface area contributed by atoms with Gasteiger partial charge in [0.2, 0.25) is 0 Å². The van der Waals surface area contributed by atoms with Gasteiger partial charge in [0.05, 0.1) is 29.7 Å². The Bertz CT molecular complexity index is 1390. The Morgan fingerprint density at radius 3 is 2.66 bits per heavy atom. The number of aromatic nitrogens is 3. The number of aryl methyl sites for hydroxylation is 1. The molecule has 0 radical (unpaired) electrons. The van der Waals surface area contributed by atoms with E-state index in [0.29, 0.717) is 12.2 Å². The van der Waals surface area contributed by atoms with Gasteiger partial charge in [-0.05, 0) is 67.7 Å².